The number of benzene rings is 1. The van der Waals surface area contributed by atoms with Crippen molar-refractivity contribution in [2.24, 2.45) is 5.92 Å². The molecule has 32 heavy (non-hydrogen) atoms. The lowest BCUT2D eigenvalue weighted by Gasteiger charge is -2.28. The van der Waals surface area contributed by atoms with Gasteiger partial charge in [-0.3, -0.25) is 9.59 Å². The van der Waals surface area contributed by atoms with E-state index < -0.39 is 0 Å². The van der Waals surface area contributed by atoms with Gasteiger partial charge in [0.25, 0.3) is 0 Å². The van der Waals surface area contributed by atoms with Gasteiger partial charge in [0.2, 0.25) is 11.8 Å². The summed E-state index contributed by atoms with van der Waals surface area (Å²) < 4.78 is 0. The molecule has 0 aliphatic carbocycles. The Labute approximate surface area is 189 Å². The first-order chi connectivity index (χ1) is 15.5. The third-order valence-corrected chi connectivity index (χ3v) is 6.08. The van der Waals surface area contributed by atoms with E-state index in [4.69, 9.17) is 0 Å². The minimum absolute atomic E-state index is 0.00571. The second kappa shape index (κ2) is 9.97. The number of rotatable bonds is 7. The van der Waals surface area contributed by atoms with E-state index in [1.54, 1.807) is 4.90 Å². The van der Waals surface area contributed by atoms with Crippen molar-refractivity contribution in [2.45, 2.75) is 39.5 Å². The van der Waals surface area contributed by atoms with Gasteiger partial charge in [0.15, 0.2) is 0 Å². The zero-order valence-electron chi connectivity index (χ0n) is 18.9. The fourth-order valence-electron chi connectivity index (χ4n) is 4.31. The molecule has 2 N–H and O–H groups in total. The second-order valence-electron chi connectivity index (χ2n) is 8.67. The van der Waals surface area contributed by atoms with Gasteiger partial charge >= 0.3 is 0 Å². The molecule has 2 aliphatic heterocycles. The van der Waals surface area contributed by atoms with Crippen molar-refractivity contribution in [3.8, 4) is 0 Å². The van der Waals surface area contributed by atoms with Gasteiger partial charge in [0.1, 0.15) is 17.5 Å². The van der Waals surface area contributed by atoms with E-state index in [1.165, 1.54) is 19.3 Å². The maximum Gasteiger partial charge on any atom is 0.227 e. The van der Waals surface area contributed by atoms with E-state index in [0.29, 0.717) is 19.6 Å². The van der Waals surface area contributed by atoms with Gasteiger partial charge in [-0.25, -0.2) is 9.97 Å². The zero-order valence-corrected chi connectivity index (χ0v) is 18.9. The number of amides is 2. The van der Waals surface area contributed by atoms with Crippen LogP contribution >= 0.6 is 0 Å². The molecule has 0 saturated carbocycles. The van der Waals surface area contributed by atoms with Crippen LogP contribution in [0.25, 0.3) is 0 Å². The summed E-state index contributed by atoms with van der Waals surface area (Å²) in [5, 5.41) is 6.24. The Kier molecular flexibility index (Phi) is 6.87. The van der Waals surface area contributed by atoms with Crippen LogP contribution in [0, 0.1) is 19.8 Å². The Hall–Kier alpha value is -3.16. The first-order valence-electron chi connectivity index (χ1n) is 11.5. The summed E-state index contributed by atoms with van der Waals surface area (Å²) in [6, 6.07) is 9.80. The van der Waals surface area contributed by atoms with Crippen molar-refractivity contribution in [1.82, 2.24) is 15.3 Å². The van der Waals surface area contributed by atoms with Crippen LogP contribution in [0.15, 0.2) is 30.3 Å². The molecule has 2 aliphatic rings. The van der Waals surface area contributed by atoms with Gasteiger partial charge in [0.05, 0.1) is 5.92 Å². The number of aryl methyl sites for hydroxylation is 2. The molecular weight excluding hydrogens is 404 g/mol. The number of hydrogen-bond donors (Lipinski definition) is 2. The monoisotopic (exact) mass is 436 g/mol. The Morgan fingerprint density at radius 1 is 1.06 bits per heavy atom. The van der Waals surface area contributed by atoms with Crippen molar-refractivity contribution in [3.63, 3.8) is 0 Å². The lowest BCUT2D eigenvalue weighted by molar-refractivity contribution is -0.126. The van der Waals surface area contributed by atoms with Crippen LogP contribution < -0.4 is 20.4 Å². The molecule has 1 aromatic carbocycles. The molecular formula is C24H32N6O2. The summed E-state index contributed by atoms with van der Waals surface area (Å²) in [6.45, 7) is 7.43. The Balaban J connectivity index is 1.25. The summed E-state index contributed by atoms with van der Waals surface area (Å²) in [5.74, 6) is 2.06. The minimum Gasteiger partial charge on any atom is -0.368 e. The average Bonchev–Trinajstić information content (AvgIpc) is 3.19. The number of anilines is 3. The van der Waals surface area contributed by atoms with Crippen molar-refractivity contribution >= 4 is 29.1 Å². The molecule has 2 amide bonds. The number of carbonyl (C=O) groups is 2. The third-order valence-electron chi connectivity index (χ3n) is 6.08. The van der Waals surface area contributed by atoms with Gasteiger partial charge in [-0.05, 0) is 45.2 Å². The van der Waals surface area contributed by atoms with Crippen LogP contribution in [0.2, 0.25) is 0 Å². The largest absolute Gasteiger partial charge is 0.368 e. The first-order valence-corrected chi connectivity index (χ1v) is 11.5. The van der Waals surface area contributed by atoms with Gasteiger partial charge in [-0.1, -0.05) is 17.7 Å². The Morgan fingerprint density at radius 3 is 2.56 bits per heavy atom. The number of aromatic nitrogens is 2. The van der Waals surface area contributed by atoms with Gasteiger partial charge in [-0.15, -0.1) is 0 Å². The van der Waals surface area contributed by atoms with Crippen LogP contribution in [0.5, 0.6) is 0 Å². The van der Waals surface area contributed by atoms with E-state index >= 15 is 0 Å². The molecule has 0 radical (unpaired) electrons. The predicted octanol–water partition coefficient (Wildman–Crippen LogP) is 2.66. The van der Waals surface area contributed by atoms with Crippen molar-refractivity contribution in [3.05, 3.63) is 41.7 Å². The minimum atomic E-state index is -0.323. The maximum atomic E-state index is 12.6. The normalized spacial score (nSPS) is 18.7. The van der Waals surface area contributed by atoms with E-state index in [0.717, 1.165) is 41.8 Å². The number of nitrogens with zero attached hydrogens (tertiary/aromatic N) is 4. The summed E-state index contributed by atoms with van der Waals surface area (Å²) in [7, 11) is 0. The molecule has 1 aromatic heterocycles. The fourth-order valence-corrected chi connectivity index (χ4v) is 4.31. The predicted molar refractivity (Wildman–Crippen MR) is 126 cm³/mol. The van der Waals surface area contributed by atoms with Gasteiger partial charge in [0, 0.05) is 50.9 Å². The SMILES string of the molecule is Cc1ccc(N2CC(C(=O)NCCNc3cc(N4CCCCC4)nc(C)n3)CC2=O)cc1. The number of carbonyl (C=O) groups excluding carboxylic acids is 2. The molecule has 8 heteroatoms. The Bertz CT molecular complexity index is 955. The van der Waals surface area contributed by atoms with Crippen LogP contribution in [-0.2, 0) is 9.59 Å². The summed E-state index contributed by atoms with van der Waals surface area (Å²) in [5.41, 5.74) is 1.99. The molecule has 3 heterocycles. The molecule has 8 nitrogen and oxygen atoms in total. The number of hydrogen-bond acceptors (Lipinski definition) is 6. The highest BCUT2D eigenvalue weighted by molar-refractivity contribution is 6.00. The van der Waals surface area contributed by atoms with Crippen LogP contribution in [-0.4, -0.2) is 54.5 Å². The van der Waals surface area contributed by atoms with Crippen LogP contribution in [0.3, 0.4) is 0 Å². The first kappa shape index (κ1) is 22.0. The second-order valence-corrected chi connectivity index (χ2v) is 8.67. The lowest BCUT2D eigenvalue weighted by atomic mass is 10.1. The quantitative estimate of drug-likeness (QED) is 0.649. The zero-order chi connectivity index (χ0) is 22.5. The Morgan fingerprint density at radius 2 is 1.81 bits per heavy atom. The highest BCUT2D eigenvalue weighted by Gasteiger charge is 2.34. The summed E-state index contributed by atoms with van der Waals surface area (Å²) in [6.07, 6.45) is 3.92. The molecule has 0 bridgehead atoms. The average molecular weight is 437 g/mol. The molecule has 2 saturated heterocycles. The van der Waals surface area contributed by atoms with E-state index in [1.807, 2.05) is 44.2 Å². The molecule has 2 aromatic rings. The summed E-state index contributed by atoms with van der Waals surface area (Å²) in [4.78, 5) is 38.1. The van der Waals surface area contributed by atoms with Crippen molar-refractivity contribution in [2.75, 3.05) is 47.8 Å². The summed E-state index contributed by atoms with van der Waals surface area (Å²) >= 11 is 0. The van der Waals surface area contributed by atoms with Gasteiger partial charge < -0.3 is 20.4 Å². The molecule has 1 atom stereocenters. The van der Waals surface area contributed by atoms with E-state index in [-0.39, 0.29) is 24.2 Å². The third kappa shape index (κ3) is 5.36. The number of piperidine rings is 1. The van der Waals surface area contributed by atoms with Crippen molar-refractivity contribution < 1.29 is 9.59 Å². The van der Waals surface area contributed by atoms with Gasteiger partial charge in [-0.2, -0.15) is 0 Å². The highest BCUT2D eigenvalue weighted by atomic mass is 16.2. The lowest BCUT2D eigenvalue weighted by Crippen LogP contribution is -2.35. The molecule has 170 valence electrons. The molecule has 4 rings (SSSR count). The topological polar surface area (TPSA) is 90.5 Å². The molecule has 1 unspecified atom stereocenters. The van der Waals surface area contributed by atoms with E-state index in [9.17, 15) is 9.59 Å². The highest BCUT2D eigenvalue weighted by Crippen LogP contribution is 2.25. The maximum absolute atomic E-state index is 12.6. The van der Waals surface area contributed by atoms with Crippen molar-refractivity contribution in [1.29, 1.82) is 0 Å². The standard InChI is InChI=1S/C24H32N6O2/c1-17-6-8-20(9-7-17)30-16-19(14-23(30)31)24(32)26-11-10-25-21-15-22(28-18(2)27-21)29-12-4-3-5-13-29/h6-9,15,19H,3-5,10-14,16H2,1-2H3,(H,26,32)(H,25,27,28). The smallest absolute Gasteiger partial charge is 0.227 e. The molecule has 0 spiro atoms. The van der Waals surface area contributed by atoms with E-state index in [2.05, 4.69) is 25.5 Å². The molecule has 2 fully saturated rings. The van der Waals surface area contributed by atoms with Crippen LogP contribution in [0.1, 0.15) is 37.1 Å². The van der Waals surface area contributed by atoms with Crippen LogP contribution in [0.4, 0.5) is 17.3 Å². The fraction of sp³-hybridized carbons (Fsp3) is 0.500. The number of nitrogens with one attached hydrogen (secondary N) is 2.